The van der Waals surface area contributed by atoms with Gasteiger partial charge in [-0.25, -0.2) is 9.98 Å². The number of aliphatic imine (C=N–C) groups is 1. The maximum absolute atomic E-state index is 5.54. The van der Waals surface area contributed by atoms with Crippen LogP contribution in [0.1, 0.15) is 55.8 Å². The summed E-state index contributed by atoms with van der Waals surface area (Å²) in [5, 5.41) is 8.18. The molecule has 2 N–H and O–H groups in total. The Balaban J connectivity index is 0.00000300. The molecule has 166 valence electrons. The number of morpholine rings is 1. The van der Waals surface area contributed by atoms with Crippen molar-refractivity contribution in [2.24, 2.45) is 10.4 Å². The van der Waals surface area contributed by atoms with Gasteiger partial charge in [0.1, 0.15) is 5.01 Å². The van der Waals surface area contributed by atoms with Crippen LogP contribution in [0.15, 0.2) is 11.2 Å². The molecule has 1 aromatic rings. The van der Waals surface area contributed by atoms with Gasteiger partial charge in [-0.3, -0.25) is 4.90 Å². The average molecular weight is 536 g/mol. The molecule has 0 radical (unpaired) electrons. The van der Waals surface area contributed by atoms with Crippen molar-refractivity contribution in [1.82, 2.24) is 20.5 Å². The highest BCUT2D eigenvalue weighted by Gasteiger charge is 2.34. The molecule has 29 heavy (non-hydrogen) atoms. The van der Waals surface area contributed by atoms with Gasteiger partial charge in [-0.15, -0.1) is 35.3 Å². The average Bonchev–Trinajstić information content (AvgIpc) is 3.20. The van der Waals surface area contributed by atoms with Crippen LogP contribution in [0, 0.1) is 5.41 Å². The molecule has 6 nitrogen and oxygen atoms in total. The fourth-order valence-electron chi connectivity index (χ4n) is 4.27. The molecule has 0 aromatic carbocycles. The van der Waals surface area contributed by atoms with Crippen LogP contribution in [0.4, 0.5) is 0 Å². The first-order chi connectivity index (χ1) is 13.7. The van der Waals surface area contributed by atoms with Gasteiger partial charge in [0.25, 0.3) is 0 Å². The first-order valence-corrected chi connectivity index (χ1v) is 11.8. The van der Waals surface area contributed by atoms with Crippen LogP contribution in [0.5, 0.6) is 0 Å². The summed E-state index contributed by atoms with van der Waals surface area (Å²) in [6, 6.07) is 0. The van der Waals surface area contributed by atoms with Crippen molar-refractivity contribution in [2.45, 2.75) is 58.9 Å². The van der Waals surface area contributed by atoms with E-state index in [0.29, 0.717) is 12.0 Å². The van der Waals surface area contributed by atoms with E-state index in [-0.39, 0.29) is 24.0 Å². The minimum atomic E-state index is 0. The van der Waals surface area contributed by atoms with Crippen LogP contribution >= 0.6 is 35.3 Å². The first kappa shape index (κ1) is 24.8. The molecule has 0 spiro atoms. The number of hydrogen-bond acceptors (Lipinski definition) is 5. The Labute approximate surface area is 197 Å². The molecule has 0 unspecified atom stereocenters. The van der Waals surface area contributed by atoms with Crippen molar-refractivity contribution in [3.05, 3.63) is 16.1 Å². The zero-order chi connectivity index (χ0) is 19.7. The number of thiazole rings is 1. The largest absolute Gasteiger partial charge is 0.379 e. The van der Waals surface area contributed by atoms with Crippen molar-refractivity contribution >= 4 is 41.3 Å². The minimum absolute atomic E-state index is 0. The summed E-state index contributed by atoms with van der Waals surface area (Å²) in [5.74, 6) is 0.919. The summed E-state index contributed by atoms with van der Waals surface area (Å²) in [5.41, 5.74) is 0.350. The van der Waals surface area contributed by atoms with Crippen molar-refractivity contribution in [3.63, 3.8) is 0 Å². The number of nitrogens with zero attached hydrogens (tertiary/aromatic N) is 3. The molecule has 2 fully saturated rings. The zero-order valence-electron chi connectivity index (χ0n) is 18.0. The highest BCUT2D eigenvalue weighted by atomic mass is 127. The summed E-state index contributed by atoms with van der Waals surface area (Å²) >= 11 is 1.77. The van der Waals surface area contributed by atoms with Crippen LogP contribution < -0.4 is 10.6 Å². The number of rotatable bonds is 8. The molecule has 0 atom stereocenters. The lowest BCUT2D eigenvalue weighted by atomic mass is 9.73. The zero-order valence-corrected chi connectivity index (χ0v) is 21.2. The highest BCUT2D eigenvalue weighted by Crippen LogP contribution is 2.36. The lowest BCUT2D eigenvalue weighted by Gasteiger charge is -2.42. The van der Waals surface area contributed by atoms with Crippen molar-refractivity contribution in [3.8, 4) is 0 Å². The van der Waals surface area contributed by atoms with E-state index in [4.69, 9.17) is 9.73 Å². The molecule has 1 aliphatic carbocycles. The molecule has 0 bridgehead atoms. The second-order valence-corrected chi connectivity index (χ2v) is 9.27. The van der Waals surface area contributed by atoms with Gasteiger partial charge in [0.2, 0.25) is 0 Å². The number of ether oxygens (including phenoxy) is 1. The summed E-state index contributed by atoms with van der Waals surface area (Å²) in [6.07, 6.45) is 9.71. The minimum Gasteiger partial charge on any atom is -0.379 e. The maximum atomic E-state index is 5.54. The summed E-state index contributed by atoms with van der Waals surface area (Å²) < 4.78 is 5.54. The molecule has 1 aliphatic heterocycles. The van der Waals surface area contributed by atoms with E-state index in [1.165, 1.54) is 43.5 Å². The molecule has 1 saturated heterocycles. The monoisotopic (exact) mass is 535 g/mol. The predicted octanol–water partition coefficient (Wildman–Crippen LogP) is 3.66. The van der Waals surface area contributed by atoms with Crippen molar-refractivity contribution < 1.29 is 4.74 Å². The SMILES string of the molecule is CCNC(=NCc1ncc(CC)s1)NCC1(CN2CCOCC2)CCCCC1.I. The third-order valence-electron chi connectivity index (χ3n) is 5.87. The van der Waals surface area contributed by atoms with Gasteiger partial charge < -0.3 is 15.4 Å². The standard InChI is InChI=1S/C21H37N5OS.HI/c1-3-18-14-23-19(28-18)15-24-20(22-4-2)25-16-21(8-6-5-7-9-21)17-26-10-12-27-13-11-26;/h14H,3-13,15-17H2,1-2H3,(H2,22,24,25);1H. The number of nitrogens with one attached hydrogen (secondary N) is 2. The molecule has 1 aromatic heterocycles. The van der Waals surface area contributed by atoms with Gasteiger partial charge in [0, 0.05) is 49.2 Å². The van der Waals surface area contributed by atoms with Gasteiger partial charge in [0.15, 0.2) is 5.96 Å². The topological polar surface area (TPSA) is 61.8 Å². The number of halogens is 1. The van der Waals surface area contributed by atoms with Gasteiger partial charge in [0.05, 0.1) is 19.8 Å². The van der Waals surface area contributed by atoms with Crippen LogP contribution in [-0.4, -0.2) is 61.8 Å². The van der Waals surface area contributed by atoms with E-state index < -0.39 is 0 Å². The van der Waals surface area contributed by atoms with E-state index >= 15 is 0 Å². The molecule has 2 aliphatic rings. The van der Waals surface area contributed by atoms with Gasteiger partial charge in [-0.05, 0) is 26.2 Å². The summed E-state index contributed by atoms with van der Waals surface area (Å²) in [4.78, 5) is 13.2. The normalized spacial score (nSPS) is 20.1. The Kier molecular flexibility index (Phi) is 11.2. The Hall–Kier alpha value is -0.450. The van der Waals surface area contributed by atoms with E-state index in [1.807, 2.05) is 6.20 Å². The van der Waals surface area contributed by atoms with E-state index in [9.17, 15) is 0 Å². The molecular weight excluding hydrogens is 497 g/mol. The van der Waals surface area contributed by atoms with E-state index in [0.717, 1.165) is 56.8 Å². The number of aryl methyl sites for hydroxylation is 1. The molecular formula is C21H38IN5OS. The second kappa shape index (κ2) is 13.1. The fraction of sp³-hybridized carbons (Fsp3) is 0.810. The van der Waals surface area contributed by atoms with Crippen LogP contribution in [0.3, 0.4) is 0 Å². The third kappa shape index (κ3) is 7.95. The smallest absolute Gasteiger partial charge is 0.191 e. The molecule has 8 heteroatoms. The van der Waals surface area contributed by atoms with Crippen molar-refractivity contribution in [2.75, 3.05) is 45.9 Å². The number of hydrogen-bond donors (Lipinski definition) is 2. The summed E-state index contributed by atoms with van der Waals surface area (Å²) in [7, 11) is 0. The van der Waals surface area contributed by atoms with E-state index in [2.05, 4.69) is 34.4 Å². The molecule has 3 rings (SSSR count). The molecule has 1 saturated carbocycles. The van der Waals surface area contributed by atoms with Crippen LogP contribution in [-0.2, 0) is 17.7 Å². The lowest BCUT2D eigenvalue weighted by molar-refractivity contribution is 0.00820. The Bertz CT molecular complexity index is 612. The van der Waals surface area contributed by atoms with Gasteiger partial charge in [-0.1, -0.05) is 26.2 Å². The predicted molar refractivity (Wildman–Crippen MR) is 133 cm³/mol. The lowest BCUT2D eigenvalue weighted by Crippen LogP contribution is -2.51. The molecule has 2 heterocycles. The maximum Gasteiger partial charge on any atom is 0.191 e. The molecule has 0 amide bonds. The highest BCUT2D eigenvalue weighted by molar-refractivity contribution is 14.0. The van der Waals surface area contributed by atoms with Gasteiger partial charge >= 0.3 is 0 Å². The van der Waals surface area contributed by atoms with E-state index in [1.54, 1.807) is 11.3 Å². The quantitative estimate of drug-likeness (QED) is 0.302. The van der Waals surface area contributed by atoms with Crippen LogP contribution in [0.25, 0.3) is 0 Å². The Morgan fingerprint density at radius 3 is 2.62 bits per heavy atom. The number of aromatic nitrogens is 1. The summed E-state index contributed by atoms with van der Waals surface area (Å²) in [6.45, 7) is 11.9. The Morgan fingerprint density at radius 1 is 1.21 bits per heavy atom. The first-order valence-electron chi connectivity index (χ1n) is 11.0. The van der Waals surface area contributed by atoms with Gasteiger partial charge in [-0.2, -0.15) is 0 Å². The second-order valence-electron chi connectivity index (χ2n) is 8.07. The Morgan fingerprint density at radius 2 is 1.97 bits per heavy atom. The number of guanidine groups is 1. The third-order valence-corrected chi connectivity index (χ3v) is 7.00. The van der Waals surface area contributed by atoms with Crippen LogP contribution in [0.2, 0.25) is 0 Å². The van der Waals surface area contributed by atoms with Crippen molar-refractivity contribution in [1.29, 1.82) is 0 Å². The fourth-order valence-corrected chi connectivity index (χ4v) is 5.06.